The lowest BCUT2D eigenvalue weighted by Crippen LogP contribution is -2.41. The van der Waals surface area contributed by atoms with Gasteiger partial charge in [-0.1, -0.05) is 0 Å². The number of amides is 1. The molecule has 3 N–H and O–H groups in total. The Morgan fingerprint density at radius 1 is 1.11 bits per heavy atom. The van der Waals surface area contributed by atoms with E-state index in [1.54, 1.807) is 10.9 Å². The highest BCUT2D eigenvalue weighted by molar-refractivity contribution is 5.94. The molecule has 0 fully saturated rings. The predicted molar refractivity (Wildman–Crippen MR) is 99.8 cm³/mol. The van der Waals surface area contributed by atoms with Gasteiger partial charge in [0.1, 0.15) is 0 Å². The Bertz CT molecular complexity index is 798. The van der Waals surface area contributed by atoms with Crippen molar-refractivity contribution in [2.75, 3.05) is 19.6 Å². The van der Waals surface area contributed by atoms with E-state index in [4.69, 9.17) is 0 Å². The van der Waals surface area contributed by atoms with Gasteiger partial charge in [0.2, 0.25) is 0 Å². The predicted octanol–water partition coefficient (Wildman–Crippen LogP) is 1.92. The molecule has 0 atom stereocenters. The van der Waals surface area contributed by atoms with E-state index in [1.165, 1.54) is 0 Å². The molecular weight excluding hydrogens is 373 g/mol. The minimum Gasteiger partial charge on any atom is -0.357 e. The van der Waals surface area contributed by atoms with Gasteiger partial charge in [0.05, 0.1) is 17.8 Å². The molecule has 0 saturated heterocycles. The third-order valence-electron chi connectivity index (χ3n) is 3.84. The number of carbonyl (C=O) groups excluding carboxylic acids is 1. The number of benzene rings is 1. The zero-order valence-corrected chi connectivity index (χ0v) is 15.7. The number of carbonyl (C=O) groups is 1. The molecule has 0 saturated carbocycles. The zero-order valence-electron chi connectivity index (χ0n) is 15.7. The first-order valence-electron chi connectivity index (χ1n) is 8.75. The number of aryl methyl sites for hydroxylation is 1. The van der Waals surface area contributed by atoms with Gasteiger partial charge in [0.25, 0.3) is 5.91 Å². The quantitative estimate of drug-likeness (QED) is 0.379. The number of alkyl halides is 3. The van der Waals surface area contributed by atoms with E-state index in [-0.39, 0.29) is 12.1 Å². The van der Waals surface area contributed by atoms with Gasteiger partial charge in [-0.25, -0.2) is 4.99 Å². The van der Waals surface area contributed by atoms with E-state index in [2.05, 4.69) is 26.0 Å². The van der Waals surface area contributed by atoms with E-state index in [9.17, 15) is 18.0 Å². The van der Waals surface area contributed by atoms with Gasteiger partial charge < -0.3 is 16.0 Å². The second kappa shape index (κ2) is 9.77. The second-order valence-corrected chi connectivity index (χ2v) is 5.90. The van der Waals surface area contributed by atoms with Crippen LogP contribution in [-0.4, -0.2) is 41.3 Å². The summed E-state index contributed by atoms with van der Waals surface area (Å²) < 4.78 is 39.4. The van der Waals surface area contributed by atoms with Gasteiger partial charge in [-0.3, -0.25) is 9.48 Å². The lowest BCUT2D eigenvalue weighted by molar-refractivity contribution is -0.137. The fourth-order valence-electron chi connectivity index (χ4n) is 2.33. The van der Waals surface area contributed by atoms with Crippen LogP contribution in [0.15, 0.2) is 41.5 Å². The molecule has 0 bridgehead atoms. The summed E-state index contributed by atoms with van der Waals surface area (Å²) in [6, 6.07) is 5.97. The Labute approximate surface area is 161 Å². The van der Waals surface area contributed by atoms with Crippen LogP contribution in [0.25, 0.3) is 0 Å². The number of halogens is 3. The maximum absolute atomic E-state index is 12.6. The molecule has 0 aliphatic rings. The fourth-order valence-corrected chi connectivity index (χ4v) is 2.33. The van der Waals surface area contributed by atoms with Crippen molar-refractivity contribution >= 4 is 11.9 Å². The largest absolute Gasteiger partial charge is 0.416 e. The molecule has 152 valence electrons. The first-order chi connectivity index (χ1) is 13.3. The van der Waals surface area contributed by atoms with Crippen LogP contribution in [0.3, 0.4) is 0 Å². The molecule has 1 aromatic heterocycles. The van der Waals surface area contributed by atoms with Gasteiger partial charge in [-0.15, -0.1) is 0 Å². The average molecular weight is 396 g/mol. The highest BCUT2D eigenvalue weighted by Gasteiger charge is 2.30. The molecule has 1 amide bonds. The van der Waals surface area contributed by atoms with Crippen molar-refractivity contribution in [3.8, 4) is 0 Å². The maximum atomic E-state index is 12.6. The van der Waals surface area contributed by atoms with Crippen LogP contribution >= 0.6 is 0 Å². The number of hydrogen-bond donors (Lipinski definition) is 3. The van der Waals surface area contributed by atoms with Crippen molar-refractivity contribution in [1.29, 1.82) is 0 Å². The molecule has 2 aromatic rings. The first-order valence-corrected chi connectivity index (χ1v) is 8.75. The van der Waals surface area contributed by atoms with E-state index in [1.807, 2.05) is 20.0 Å². The van der Waals surface area contributed by atoms with Crippen LogP contribution in [0.2, 0.25) is 0 Å². The topological polar surface area (TPSA) is 83.3 Å². The highest BCUT2D eigenvalue weighted by Crippen LogP contribution is 2.28. The minimum absolute atomic E-state index is 0.171. The zero-order chi connectivity index (χ0) is 20.6. The number of aliphatic imine (C=N–C) groups is 1. The molecule has 0 unspecified atom stereocenters. The summed E-state index contributed by atoms with van der Waals surface area (Å²) in [6.45, 7) is 3.76. The lowest BCUT2D eigenvalue weighted by Gasteiger charge is -2.12. The number of nitrogens with zero attached hydrogens (tertiary/aromatic N) is 3. The van der Waals surface area contributed by atoms with Crippen LogP contribution in [0.5, 0.6) is 0 Å². The average Bonchev–Trinajstić information content (AvgIpc) is 3.07. The number of guanidine groups is 1. The third-order valence-corrected chi connectivity index (χ3v) is 3.84. The van der Waals surface area contributed by atoms with Gasteiger partial charge in [0.15, 0.2) is 5.96 Å². The molecule has 2 rings (SSSR count). The number of rotatable bonds is 7. The van der Waals surface area contributed by atoms with Crippen LogP contribution < -0.4 is 16.0 Å². The van der Waals surface area contributed by atoms with E-state index < -0.39 is 17.6 Å². The summed E-state index contributed by atoms with van der Waals surface area (Å²) in [5, 5.41) is 12.9. The van der Waals surface area contributed by atoms with Crippen molar-refractivity contribution in [2.45, 2.75) is 19.6 Å². The van der Waals surface area contributed by atoms with E-state index >= 15 is 0 Å². The summed E-state index contributed by atoms with van der Waals surface area (Å²) in [6.07, 6.45) is -2.72. The Morgan fingerprint density at radius 3 is 2.36 bits per heavy atom. The van der Waals surface area contributed by atoms with Crippen LogP contribution in [0, 0.1) is 0 Å². The van der Waals surface area contributed by atoms with Crippen molar-refractivity contribution in [1.82, 2.24) is 25.7 Å². The van der Waals surface area contributed by atoms with Gasteiger partial charge in [0, 0.05) is 38.4 Å². The maximum Gasteiger partial charge on any atom is 0.416 e. The Kier molecular flexibility index (Phi) is 7.42. The molecule has 0 aliphatic carbocycles. The number of nitrogens with one attached hydrogen (secondary N) is 3. The summed E-state index contributed by atoms with van der Waals surface area (Å²) in [4.78, 5) is 16.5. The molecule has 10 heteroatoms. The Morgan fingerprint density at radius 2 is 1.79 bits per heavy atom. The standard InChI is InChI=1S/C18H23F3N6O/c1-3-22-17(25-12-15-8-9-26-27(15)2)24-11-10-23-16(28)13-4-6-14(7-5-13)18(19,20)21/h4-9H,3,10-12H2,1-2H3,(H,23,28)(H2,22,24,25). The van der Waals surface area contributed by atoms with Crippen LogP contribution in [0.1, 0.15) is 28.5 Å². The number of aromatic nitrogens is 2. The molecule has 28 heavy (non-hydrogen) atoms. The van der Waals surface area contributed by atoms with Crippen molar-refractivity contribution in [3.63, 3.8) is 0 Å². The fraction of sp³-hybridized carbons (Fsp3) is 0.389. The summed E-state index contributed by atoms with van der Waals surface area (Å²) in [7, 11) is 1.84. The summed E-state index contributed by atoms with van der Waals surface area (Å²) >= 11 is 0. The lowest BCUT2D eigenvalue weighted by atomic mass is 10.1. The third kappa shape index (κ3) is 6.29. The van der Waals surface area contributed by atoms with Gasteiger partial charge in [-0.2, -0.15) is 18.3 Å². The van der Waals surface area contributed by atoms with Gasteiger partial charge >= 0.3 is 6.18 Å². The molecule has 7 nitrogen and oxygen atoms in total. The van der Waals surface area contributed by atoms with E-state index in [0.717, 1.165) is 30.0 Å². The second-order valence-electron chi connectivity index (χ2n) is 5.90. The SMILES string of the molecule is CCNC(=NCc1ccnn1C)NCCNC(=O)c1ccc(C(F)(F)F)cc1. The van der Waals surface area contributed by atoms with Gasteiger partial charge in [-0.05, 0) is 37.3 Å². The number of hydrogen-bond acceptors (Lipinski definition) is 3. The van der Waals surface area contributed by atoms with Crippen LogP contribution in [-0.2, 0) is 19.8 Å². The van der Waals surface area contributed by atoms with Crippen molar-refractivity contribution in [2.24, 2.45) is 12.0 Å². The minimum atomic E-state index is -4.42. The van der Waals surface area contributed by atoms with Crippen molar-refractivity contribution in [3.05, 3.63) is 53.3 Å². The Hall–Kier alpha value is -3.04. The molecule has 0 spiro atoms. The summed E-state index contributed by atoms with van der Waals surface area (Å²) in [5.41, 5.74) is 0.336. The highest BCUT2D eigenvalue weighted by atomic mass is 19.4. The van der Waals surface area contributed by atoms with Crippen LogP contribution in [0.4, 0.5) is 13.2 Å². The Balaban J connectivity index is 1.80. The molecule has 0 aliphatic heterocycles. The smallest absolute Gasteiger partial charge is 0.357 e. The molecule has 1 aromatic carbocycles. The normalized spacial score (nSPS) is 12.0. The molecule has 1 heterocycles. The van der Waals surface area contributed by atoms with Crippen molar-refractivity contribution < 1.29 is 18.0 Å². The first kappa shape index (κ1) is 21.3. The molecule has 0 radical (unpaired) electrons. The summed E-state index contributed by atoms with van der Waals surface area (Å²) in [5.74, 6) is 0.153. The van der Waals surface area contributed by atoms with E-state index in [0.29, 0.717) is 25.6 Å². The molecular formula is C18H23F3N6O. The monoisotopic (exact) mass is 396 g/mol.